The fourth-order valence-corrected chi connectivity index (χ4v) is 9.12. The number of para-hydroxylation sites is 1. The molecule has 58 heavy (non-hydrogen) atoms. The maximum atomic E-state index is 12.0. The molecule has 5 aromatic carbocycles. The Morgan fingerprint density at radius 3 is 2.05 bits per heavy atom. The minimum atomic E-state index is -4.47. The molecular formula is C44H44N2O10S2. The van der Waals surface area contributed by atoms with Crippen LogP contribution in [-0.4, -0.2) is 60.7 Å². The van der Waals surface area contributed by atoms with Crippen LogP contribution in [0.4, 0.5) is 0 Å². The van der Waals surface area contributed by atoms with E-state index in [0.717, 1.165) is 44.6 Å². The number of nitrogens with zero attached hydrogens (tertiary/aromatic N) is 2. The van der Waals surface area contributed by atoms with Crippen LogP contribution < -0.4 is 10.2 Å². The third-order valence-electron chi connectivity index (χ3n) is 10.5. The zero-order valence-corrected chi connectivity index (χ0v) is 33.9. The molecule has 0 amide bonds. The van der Waals surface area contributed by atoms with Gasteiger partial charge in [-0.3, -0.25) is 13.9 Å². The monoisotopic (exact) mass is 824 g/mol. The number of fused-ring (bicyclic) bond motifs is 6. The van der Waals surface area contributed by atoms with E-state index >= 15 is 0 Å². The molecule has 9 rings (SSSR count). The van der Waals surface area contributed by atoms with E-state index in [9.17, 15) is 26.7 Å². The van der Waals surface area contributed by atoms with Crippen LogP contribution in [0.5, 0.6) is 11.5 Å². The summed E-state index contributed by atoms with van der Waals surface area (Å²) in [7, 11) is -6.72. The fraction of sp³-hybridized carbons (Fsp3) is 0.250. The summed E-state index contributed by atoms with van der Waals surface area (Å²) in [6.45, 7) is 7.63. The Kier molecular flexibility index (Phi) is 11.5. The number of aromatic nitrogens is 1. The molecule has 0 saturated heterocycles. The van der Waals surface area contributed by atoms with Gasteiger partial charge in [0, 0.05) is 71.1 Å². The third-order valence-corrected chi connectivity index (χ3v) is 12.3. The van der Waals surface area contributed by atoms with Crippen molar-refractivity contribution in [3.63, 3.8) is 0 Å². The number of likely N-dealkylation sites (N-methyl/N-ethyl adjacent to an activating group) is 1. The normalized spacial score (nSPS) is 15.6. The second kappa shape index (κ2) is 16.4. The molecule has 0 aliphatic carbocycles. The van der Waals surface area contributed by atoms with Crippen LogP contribution >= 0.6 is 0 Å². The average Bonchev–Trinajstić information content (AvgIpc) is 3.34. The lowest BCUT2D eigenvalue weighted by Crippen LogP contribution is -2.27. The van der Waals surface area contributed by atoms with Gasteiger partial charge in [-0.15, -0.1) is 0 Å². The quantitative estimate of drug-likeness (QED) is 0.148. The Bertz CT molecular complexity index is 2870. The van der Waals surface area contributed by atoms with Crippen LogP contribution in [-0.2, 0) is 46.2 Å². The molecule has 0 saturated carbocycles. The Hall–Kier alpha value is -5.51. The summed E-state index contributed by atoms with van der Waals surface area (Å²) in [4.78, 5) is 13.6. The molecule has 0 spiro atoms. The van der Waals surface area contributed by atoms with E-state index in [2.05, 4.69) is 78.0 Å². The first-order valence-electron chi connectivity index (χ1n) is 18.8. The number of phenolic OH excluding ortho intramolecular Hbond substituents is 1. The zero-order chi connectivity index (χ0) is 41.4. The number of rotatable bonds is 4. The summed E-state index contributed by atoms with van der Waals surface area (Å²) in [6, 6.07) is 30.3. The van der Waals surface area contributed by atoms with Crippen molar-refractivity contribution < 1.29 is 40.2 Å². The first-order chi connectivity index (χ1) is 27.6. The summed E-state index contributed by atoms with van der Waals surface area (Å²) < 4.78 is 76.4. The number of aromatic hydroxyl groups is 1. The highest BCUT2D eigenvalue weighted by Crippen LogP contribution is 2.38. The van der Waals surface area contributed by atoms with Crippen LogP contribution in [0, 0.1) is 12.8 Å². The van der Waals surface area contributed by atoms with E-state index in [1.807, 2.05) is 0 Å². The van der Waals surface area contributed by atoms with Crippen LogP contribution in [0.25, 0.3) is 32.6 Å². The Labute approximate surface area is 336 Å². The molecule has 14 heteroatoms. The topological polar surface area (TPSA) is 177 Å². The van der Waals surface area contributed by atoms with Crippen molar-refractivity contribution in [1.82, 2.24) is 9.47 Å². The molecule has 1 atom stereocenters. The van der Waals surface area contributed by atoms with Crippen molar-refractivity contribution in [2.45, 2.75) is 56.0 Å². The molecule has 1 unspecified atom stereocenters. The molecule has 0 bridgehead atoms. The van der Waals surface area contributed by atoms with Crippen molar-refractivity contribution in [1.29, 1.82) is 0 Å². The van der Waals surface area contributed by atoms with E-state index in [4.69, 9.17) is 18.3 Å². The minimum Gasteiger partial charge on any atom is -0.507 e. The Morgan fingerprint density at radius 1 is 0.776 bits per heavy atom. The standard InChI is InChI=1S/C19H20N2.C15H16O4.C10H8O6S2/c1-20-12-11-19-17(14-20)16-9-5-6-10-18(16)21(19)13-15-7-3-2-4-8-15;1-8-3-4-10-12(18-7-8)6-13-14(15(10)17)11(16)5-9(2)19-13;11-17(12,13)9-5-1-3-7-8(9)4-2-6-10(7)18(14,15)16/h2-10H,11-14H2,1H3;5-6,8,17H,3-4,7H2,1-2H3;1-6H,(H,11,12,13)(H,14,15,16). The molecule has 7 aromatic rings. The van der Waals surface area contributed by atoms with Crippen LogP contribution in [0.3, 0.4) is 0 Å². The summed E-state index contributed by atoms with van der Waals surface area (Å²) in [5.41, 5.74) is 6.69. The fourth-order valence-electron chi connectivity index (χ4n) is 7.70. The summed E-state index contributed by atoms with van der Waals surface area (Å²) >= 11 is 0. The zero-order valence-electron chi connectivity index (χ0n) is 32.3. The summed E-state index contributed by atoms with van der Waals surface area (Å²) in [5.74, 6) is 1.59. The molecule has 4 heterocycles. The highest BCUT2D eigenvalue weighted by atomic mass is 32.2. The maximum absolute atomic E-state index is 12.0. The van der Waals surface area contributed by atoms with E-state index in [-0.39, 0.29) is 27.3 Å². The lowest BCUT2D eigenvalue weighted by atomic mass is 10.00. The largest absolute Gasteiger partial charge is 0.507 e. The summed E-state index contributed by atoms with van der Waals surface area (Å²) in [5, 5.41) is 12.1. The molecule has 0 fully saturated rings. The smallest absolute Gasteiger partial charge is 0.295 e. The van der Waals surface area contributed by atoms with Crippen LogP contribution in [0.1, 0.15) is 41.5 Å². The third kappa shape index (κ3) is 8.52. The van der Waals surface area contributed by atoms with Gasteiger partial charge in [-0.25, -0.2) is 0 Å². The molecule has 12 nitrogen and oxygen atoms in total. The van der Waals surface area contributed by atoms with E-state index in [1.54, 1.807) is 13.0 Å². The molecule has 302 valence electrons. The van der Waals surface area contributed by atoms with Gasteiger partial charge in [-0.2, -0.15) is 16.8 Å². The maximum Gasteiger partial charge on any atom is 0.295 e. The first-order valence-corrected chi connectivity index (χ1v) is 21.7. The average molecular weight is 825 g/mol. The number of hydrogen-bond acceptors (Lipinski definition) is 9. The van der Waals surface area contributed by atoms with Crippen molar-refractivity contribution in [3.8, 4) is 11.5 Å². The lowest BCUT2D eigenvalue weighted by molar-refractivity contribution is 0.265. The predicted octanol–water partition coefficient (Wildman–Crippen LogP) is 7.78. The van der Waals surface area contributed by atoms with Crippen molar-refractivity contribution in [2.24, 2.45) is 5.92 Å². The molecular weight excluding hydrogens is 781 g/mol. The van der Waals surface area contributed by atoms with Gasteiger partial charge in [-0.05, 0) is 62.1 Å². The number of phenols is 1. The van der Waals surface area contributed by atoms with Gasteiger partial charge < -0.3 is 23.7 Å². The highest BCUT2D eigenvalue weighted by Gasteiger charge is 2.24. The van der Waals surface area contributed by atoms with Gasteiger partial charge in [0.05, 0.1) is 6.61 Å². The van der Waals surface area contributed by atoms with E-state index < -0.39 is 30.0 Å². The highest BCUT2D eigenvalue weighted by molar-refractivity contribution is 7.86. The van der Waals surface area contributed by atoms with Crippen LogP contribution in [0.2, 0.25) is 0 Å². The molecule has 3 N–H and O–H groups in total. The second-order valence-corrected chi connectivity index (χ2v) is 17.6. The van der Waals surface area contributed by atoms with E-state index in [0.29, 0.717) is 41.6 Å². The van der Waals surface area contributed by atoms with Gasteiger partial charge in [0.15, 0.2) is 5.43 Å². The summed E-state index contributed by atoms with van der Waals surface area (Å²) in [6.07, 6.45) is 2.79. The van der Waals surface area contributed by atoms with Crippen molar-refractivity contribution >= 4 is 52.9 Å². The second-order valence-electron chi connectivity index (χ2n) is 14.8. The van der Waals surface area contributed by atoms with Crippen LogP contribution in [0.15, 0.2) is 122 Å². The van der Waals surface area contributed by atoms with Gasteiger partial charge in [0.2, 0.25) is 0 Å². The number of ether oxygens (including phenoxy) is 1. The molecule has 2 aliphatic heterocycles. The minimum absolute atomic E-state index is 0.00958. The molecule has 0 radical (unpaired) electrons. The SMILES string of the molecule is CN1CCc2c(c3ccccc3n2Cc2ccccc2)C1.Cc1cc(=O)c2c(O)c3c(cc2o1)OCC(C)CC3.O=S(=O)(O)c1cccc2c(S(=O)(=O)O)cccc12. The Balaban J connectivity index is 0.000000133. The Morgan fingerprint density at radius 2 is 1.40 bits per heavy atom. The van der Waals surface area contributed by atoms with Crippen molar-refractivity contribution in [2.75, 3.05) is 20.2 Å². The van der Waals surface area contributed by atoms with Gasteiger partial charge in [-0.1, -0.05) is 79.7 Å². The number of aryl methyl sites for hydroxylation is 1. The first kappa shape index (κ1) is 40.7. The van der Waals surface area contributed by atoms with Gasteiger partial charge >= 0.3 is 0 Å². The number of hydrogen-bond donors (Lipinski definition) is 3. The number of benzene rings is 5. The van der Waals surface area contributed by atoms with E-state index in [1.165, 1.54) is 58.1 Å². The van der Waals surface area contributed by atoms with Crippen molar-refractivity contribution in [3.05, 3.63) is 141 Å². The molecule has 2 aliphatic rings. The van der Waals surface area contributed by atoms with Gasteiger partial charge in [0.25, 0.3) is 20.2 Å². The van der Waals surface area contributed by atoms with Gasteiger partial charge in [0.1, 0.15) is 38.0 Å². The molecule has 2 aromatic heterocycles. The lowest BCUT2D eigenvalue weighted by Gasteiger charge is -2.24. The predicted molar refractivity (Wildman–Crippen MR) is 223 cm³/mol.